The summed E-state index contributed by atoms with van der Waals surface area (Å²) in [6.45, 7) is 4.59. The number of nitrogens with zero attached hydrogens (tertiary/aromatic N) is 3. The maximum absolute atomic E-state index is 2.36. The molecule has 0 fully saturated rings. The van der Waals surface area contributed by atoms with Gasteiger partial charge in [-0.05, 0) is 35.2 Å². The molecule has 0 saturated heterocycles. The Balaban J connectivity index is -0.000000202. The minimum atomic E-state index is 0. The van der Waals surface area contributed by atoms with Gasteiger partial charge in [-0.3, -0.25) is 0 Å². The zero-order valence-electron chi connectivity index (χ0n) is 11.9. The van der Waals surface area contributed by atoms with Crippen molar-refractivity contribution < 1.29 is 2.85 Å². The Hall–Kier alpha value is 1.36. The zero-order chi connectivity index (χ0) is 9.56. The molecule has 0 saturated carbocycles. The minimum Gasteiger partial charge on any atom is -1.00 e. The van der Waals surface area contributed by atoms with Crippen LogP contribution in [0.15, 0.2) is 0 Å². The molecule has 0 radical (unpaired) electrons. The Labute approximate surface area is 123 Å². The van der Waals surface area contributed by atoms with Crippen molar-refractivity contribution in [1.82, 2.24) is 14.7 Å². The first kappa shape index (κ1) is 16.8. The molecule has 0 heterocycles. The van der Waals surface area contributed by atoms with Crippen molar-refractivity contribution in [2.24, 2.45) is 0 Å². The Bertz CT molecular complexity index is 104. The molecule has 0 aliphatic heterocycles. The molecule has 0 atom stereocenters. The fourth-order valence-corrected chi connectivity index (χ4v) is 0.853. The van der Waals surface area contributed by atoms with Crippen molar-refractivity contribution in [2.75, 3.05) is 61.4 Å². The first-order chi connectivity index (χ1) is 5.52. The van der Waals surface area contributed by atoms with Gasteiger partial charge >= 0.3 is 45.5 Å². The maximum atomic E-state index is 2.36. The average molecular weight is 263 g/mol. The van der Waals surface area contributed by atoms with Crippen LogP contribution in [0.5, 0.6) is 0 Å². The van der Waals surface area contributed by atoms with E-state index in [4.69, 9.17) is 0 Å². The average Bonchev–Trinajstić information content (AvgIpc) is 1.96. The second-order valence-corrected chi connectivity index (χ2v) is 3.91. The monoisotopic (exact) mass is 263 g/mol. The van der Waals surface area contributed by atoms with Crippen LogP contribution in [0.3, 0.4) is 0 Å². The molecule has 0 aromatic rings. The van der Waals surface area contributed by atoms with Gasteiger partial charge < -0.3 is 17.6 Å². The van der Waals surface area contributed by atoms with Crippen molar-refractivity contribution in [3.63, 3.8) is 0 Å². The van der Waals surface area contributed by atoms with Crippen molar-refractivity contribution in [3.05, 3.63) is 0 Å². The molecule has 78 valence electrons. The Morgan fingerprint density at radius 2 is 1.00 bits per heavy atom. The van der Waals surface area contributed by atoms with Gasteiger partial charge in [-0.1, -0.05) is 0 Å². The molecule has 4 heteroatoms. The summed E-state index contributed by atoms with van der Waals surface area (Å²) in [5.41, 5.74) is 0. The third-order valence-corrected chi connectivity index (χ3v) is 1.86. The summed E-state index contributed by atoms with van der Waals surface area (Å²) in [5, 5.41) is 0. The number of rotatable bonds is 6. The van der Waals surface area contributed by atoms with Crippen LogP contribution in [0.2, 0.25) is 0 Å². The summed E-state index contributed by atoms with van der Waals surface area (Å²) in [4.78, 5) is 6.79. The summed E-state index contributed by atoms with van der Waals surface area (Å²) in [5.74, 6) is 0. The van der Waals surface area contributed by atoms with Crippen molar-refractivity contribution in [2.45, 2.75) is 0 Å². The van der Waals surface area contributed by atoms with E-state index < -0.39 is 0 Å². The fourth-order valence-electron chi connectivity index (χ4n) is 0.853. The molecule has 0 unspecified atom stereocenters. The topological polar surface area (TPSA) is 9.72 Å². The molecule has 0 aliphatic carbocycles. The van der Waals surface area contributed by atoms with E-state index in [0.717, 1.165) is 26.2 Å². The minimum absolute atomic E-state index is 0. The largest absolute Gasteiger partial charge is 2.00 e. The summed E-state index contributed by atoms with van der Waals surface area (Å²) in [7, 11) is 10.6. The van der Waals surface area contributed by atoms with Crippen LogP contribution in [0.4, 0.5) is 0 Å². The van der Waals surface area contributed by atoms with Crippen molar-refractivity contribution >= 4 is 45.5 Å². The molecule has 0 N–H and O–H groups in total. The van der Waals surface area contributed by atoms with Crippen LogP contribution in [0, 0.1) is 0 Å². The van der Waals surface area contributed by atoms with Gasteiger partial charge in [0, 0.05) is 26.2 Å². The Kier molecular flexibility index (Phi) is 12.8. The van der Waals surface area contributed by atoms with Gasteiger partial charge in [0.05, 0.1) is 0 Å². The van der Waals surface area contributed by atoms with E-state index >= 15 is 0 Å². The first-order valence-electron chi connectivity index (χ1n) is 4.50. The van der Waals surface area contributed by atoms with Gasteiger partial charge in [-0.2, -0.15) is 0 Å². The normalized spacial score (nSPS) is 11.1. The third-order valence-electron chi connectivity index (χ3n) is 1.86. The van der Waals surface area contributed by atoms with Gasteiger partial charge in [-0.25, -0.2) is 0 Å². The Morgan fingerprint density at radius 1 is 0.692 bits per heavy atom. The summed E-state index contributed by atoms with van der Waals surface area (Å²) >= 11 is 0. The van der Waals surface area contributed by atoms with Gasteiger partial charge in [-0.15, -0.1) is 0 Å². The summed E-state index contributed by atoms with van der Waals surface area (Å²) in [6.07, 6.45) is 0. The maximum Gasteiger partial charge on any atom is 2.00 e. The molecular formula is C9H25N3Sr. The van der Waals surface area contributed by atoms with E-state index in [-0.39, 0.29) is 48.3 Å². The van der Waals surface area contributed by atoms with E-state index in [2.05, 4.69) is 49.9 Å². The van der Waals surface area contributed by atoms with Gasteiger partial charge in [0.1, 0.15) is 0 Å². The molecule has 3 nitrogen and oxygen atoms in total. The van der Waals surface area contributed by atoms with E-state index in [0.29, 0.717) is 0 Å². The van der Waals surface area contributed by atoms with Crippen LogP contribution in [0.1, 0.15) is 2.85 Å². The molecule has 0 bridgehead atoms. The van der Waals surface area contributed by atoms with Gasteiger partial charge in [0.15, 0.2) is 0 Å². The van der Waals surface area contributed by atoms with E-state index in [1.165, 1.54) is 0 Å². The summed E-state index contributed by atoms with van der Waals surface area (Å²) < 4.78 is 0. The van der Waals surface area contributed by atoms with Crippen LogP contribution < -0.4 is 0 Å². The number of hydrogen-bond acceptors (Lipinski definition) is 3. The van der Waals surface area contributed by atoms with E-state index in [1.54, 1.807) is 0 Å². The Morgan fingerprint density at radius 3 is 1.23 bits per heavy atom. The van der Waals surface area contributed by atoms with Crippen molar-refractivity contribution in [1.29, 1.82) is 0 Å². The molecule has 0 amide bonds. The molecule has 0 aliphatic rings. The zero-order valence-corrected chi connectivity index (χ0v) is 13.4. The predicted molar refractivity (Wildman–Crippen MR) is 62.6 cm³/mol. The standard InChI is InChI=1S/C9H23N3.Sr.2H/c1-10(2)6-8-12(5)9-7-11(3)4;;;/h6-9H2,1-5H3;;;/q;+2;2*-1. The second kappa shape index (κ2) is 9.90. The third kappa shape index (κ3) is 13.4. The van der Waals surface area contributed by atoms with Crippen LogP contribution >= 0.6 is 0 Å². The second-order valence-electron chi connectivity index (χ2n) is 3.91. The van der Waals surface area contributed by atoms with E-state index in [1.807, 2.05) is 0 Å². The summed E-state index contributed by atoms with van der Waals surface area (Å²) in [6, 6.07) is 0. The molecule has 0 rings (SSSR count). The molecule has 0 spiro atoms. The van der Waals surface area contributed by atoms with Crippen LogP contribution in [-0.4, -0.2) is 122 Å². The molecular weight excluding hydrogens is 238 g/mol. The fraction of sp³-hybridized carbons (Fsp3) is 1.00. The molecule has 0 aromatic carbocycles. The first-order valence-corrected chi connectivity index (χ1v) is 4.50. The van der Waals surface area contributed by atoms with E-state index in [9.17, 15) is 0 Å². The predicted octanol–water partition coefficient (Wildman–Crippen LogP) is -0.114. The number of likely N-dealkylation sites (N-methyl/N-ethyl adjacent to an activating group) is 3. The smallest absolute Gasteiger partial charge is 1.00 e. The van der Waals surface area contributed by atoms with Crippen LogP contribution in [-0.2, 0) is 0 Å². The molecule has 0 aromatic heterocycles. The number of hydrogen-bond donors (Lipinski definition) is 0. The van der Waals surface area contributed by atoms with Crippen molar-refractivity contribution in [3.8, 4) is 0 Å². The van der Waals surface area contributed by atoms with Gasteiger partial charge in [0.2, 0.25) is 0 Å². The van der Waals surface area contributed by atoms with Crippen LogP contribution in [0.25, 0.3) is 0 Å². The van der Waals surface area contributed by atoms with Gasteiger partial charge in [0.25, 0.3) is 0 Å². The SMILES string of the molecule is CN(C)CCN(C)CCN(C)C.[H-].[H-].[Sr+2]. The quantitative estimate of drug-likeness (QED) is 0.619. The molecule has 13 heavy (non-hydrogen) atoms.